The Kier molecular flexibility index (Phi) is 8.28. The molecule has 0 N–H and O–H groups in total. The van der Waals surface area contributed by atoms with Crippen LogP contribution in [-0.2, 0) is 0 Å². The molecule has 5 rings (SSSR count). The van der Waals surface area contributed by atoms with Gasteiger partial charge in [0.25, 0.3) is 0 Å². The normalized spacial score (nSPS) is 11.6. The van der Waals surface area contributed by atoms with E-state index >= 15 is 0 Å². The molecular formula is C26H18K2. The van der Waals surface area contributed by atoms with Crippen molar-refractivity contribution < 1.29 is 103 Å². The van der Waals surface area contributed by atoms with E-state index in [1.165, 1.54) is 45.2 Å². The second kappa shape index (κ2) is 10.3. The molecule has 1 aliphatic carbocycles. The van der Waals surface area contributed by atoms with Crippen molar-refractivity contribution in [3.05, 3.63) is 154 Å². The average Bonchev–Trinajstić information content (AvgIpc) is 2.73. The summed E-state index contributed by atoms with van der Waals surface area (Å²) >= 11 is 0. The molecule has 0 aliphatic heterocycles. The third-order valence-electron chi connectivity index (χ3n) is 5.06. The Morgan fingerprint density at radius 2 is 0.571 bits per heavy atom. The molecule has 4 aromatic carbocycles. The van der Waals surface area contributed by atoms with E-state index in [9.17, 15) is 0 Å². The van der Waals surface area contributed by atoms with Gasteiger partial charge in [0.1, 0.15) is 0 Å². The molecule has 28 heavy (non-hydrogen) atoms. The summed E-state index contributed by atoms with van der Waals surface area (Å²) in [5.41, 5.74) is 7.74. The molecule has 0 fully saturated rings. The SMILES string of the molecule is [K+].[K+].c1ccc([C-]2c3ccccc3[C-](c3ccccc3)c3ccccc32)cc1. The molecule has 0 aromatic heterocycles. The van der Waals surface area contributed by atoms with Crippen LogP contribution in [0.3, 0.4) is 0 Å². The molecular weight excluding hydrogens is 390 g/mol. The summed E-state index contributed by atoms with van der Waals surface area (Å²) < 4.78 is 0. The maximum absolute atomic E-state index is 2.25. The second-order valence-corrected chi connectivity index (χ2v) is 6.57. The van der Waals surface area contributed by atoms with E-state index in [1.807, 2.05) is 0 Å². The van der Waals surface area contributed by atoms with Gasteiger partial charge in [0.2, 0.25) is 0 Å². The van der Waals surface area contributed by atoms with Crippen molar-refractivity contribution in [3.8, 4) is 0 Å². The van der Waals surface area contributed by atoms with Crippen LogP contribution in [0.15, 0.2) is 109 Å². The molecule has 0 amide bonds. The molecule has 0 saturated heterocycles. The summed E-state index contributed by atoms with van der Waals surface area (Å²) in [6.07, 6.45) is 0. The number of fused-ring (bicyclic) bond motifs is 2. The van der Waals surface area contributed by atoms with Crippen LogP contribution in [0.25, 0.3) is 0 Å². The fraction of sp³-hybridized carbons (Fsp3) is 0. The Labute approximate surface area is 252 Å². The van der Waals surface area contributed by atoms with E-state index in [0.29, 0.717) is 0 Å². The van der Waals surface area contributed by atoms with E-state index < -0.39 is 0 Å². The second-order valence-electron chi connectivity index (χ2n) is 6.57. The van der Waals surface area contributed by atoms with Crippen molar-refractivity contribution in [2.45, 2.75) is 0 Å². The van der Waals surface area contributed by atoms with Crippen LogP contribution in [0.5, 0.6) is 0 Å². The van der Waals surface area contributed by atoms with Gasteiger partial charge in [-0.25, -0.2) is 0 Å². The predicted octanol–water partition coefficient (Wildman–Crippen LogP) is 0.0464. The molecule has 0 bridgehead atoms. The number of hydrogen-bond acceptors (Lipinski definition) is 0. The third-order valence-corrected chi connectivity index (χ3v) is 5.06. The van der Waals surface area contributed by atoms with Gasteiger partial charge in [-0.1, -0.05) is 71.8 Å². The van der Waals surface area contributed by atoms with Gasteiger partial charge in [-0.05, 0) is 0 Å². The molecule has 0 atom stereocenters. The zero-order valence-electron chi connectivity index (χ0n) is 16.4. The van der Waals surface area contributed by atoms with Crippen molar-refractivity contribution >= 4 is 0 Å². The minimum Gasteiger partial charge on any atom is -0.133 e. The summed E-state index contributed by atoms with van der Waals surface area (Å²) in [5, 5.41) is 0. The molecule has 0 radical (unpaired) electrons. The largest absolute Gasteiger partial charge is 1.00 e. The third kappa shape index (κ3) is 4.19. The Balaban J connectivity index is 0.00000112. The molecule has 0 spiro atoms. The van der Waals surface area contributed by atoms with Gasteiger partial charge in [0, 0.05) is 0 Å². The van der Waals surface area contributed by atoms with E-state index in [-0.39, 0.29) is 103 Å². The first-order valence-corrected chi connectivity index (χ1v) is 8.98. The molecule has 0 saturated carbocycles. The maximum Gasteiger partial charge on any atom is 1.00 e. The van der Waals surface area contributed by atoms with Gasteiger partial charge < -0.3 is 0 Å². The standard InChI is InChI=1S/C26H18.2K/c1-3-11-19(12-4-1)25-21-15-7-9-17-23(21)26(20-13-5-2-6-14-20)24-18-10-8-16-22(24)25;;/h1-18H;;/q-2;2*+1. The Bertz CT molecular complexity index is 909. The molecule has 0 heterocycles. The van der Waals surface area contributed by atoms with Gasteiger partial charge in [-0.3, -0.25) is 0 Å². The summed E-state index contributed by atoms with van der Waals surface area (Å²) in [7, 11) is 0. The van der Waals surface area contributed by atoms with Crippen molar-refractivity contribution in [2.24, 2.45) is 0 Å². The van der Waals surface area contributed by atoms with E-state index in [1.54, 1.807) is 0 Å². The predicted molar refractivity (Wildman–Crippen MR) is 107 cm³/mol. The van der Waals surface area contributed by atoms with Crippen LogP contribution in [0, 0.1) is 11.8 Å². The number of benzene rings is 4. The fourth-order valence-corrected chi connectivity index (χ4v) is 3.96. The molecule has 1 aliphatic rings. The summed E-state index contributed by atoms with van der Waals surface area (Å²) in [5.74, 6) is 2.63. The van der Waals surface area contributed by atoms with E-state index in [2.05, 4.69) is 109 Å². The zero-order valence-corrected chi connectivity index (χ0v) is 22.6. The van der Waals surface area contributed by atoms with Crippen LogP contribution in [0.4, 0.5) is 0 Å². The van der Waals surface area contributed by atoms with Crippen molar-refractivity contribution in [1.29, 1.82) is 0 Å². The first kappa shape index (κ1) is 22.6. The number of rotatable bonds is 2. The van der Waals surface area contributed by atoms with E-state index in [4.69, 9.17) is 0 Å². The van der Waals surface area contributed by atoms with E-state index in [0.717, 1.165) is 0 Å². The monoisotopic (exact) mass is 408 g/mol. The quantitative estimate of drug-likeness (QED) is 0.286. The Morgan fingerprint density at radius 3 is 0.857 bits per heavy atom. The molecule has 2 heteroatoms. The summed E-state index contributed by atoms with van der Waals surface area (Å²) in [6, 6.07) is 39.0. The van der Waals surface area contributed by atoms with Crippen molar-refractivity contribution in [3.63, 3.8) is 0 Å². The van der Waals surface area contributed by atoms with Crippen LogP contribution in [0.1, 0.15) is 33.4 Å². The van der Waals surface area contributed by atoms with Crippen molar-refractivity contribution in [2.75, 3.05) is 0 Å². The maximum atomic E-state index is 2.25. The van der Waals surface area contributed by atoms with Gasteiger partial charge in [-0.2, -0.15) is 0 Å². The first-order chi connectivity index (χ1) is 12.9. The smallest absolute Gasteiger partial charge is 0.133 e. The van der Waals surface area contributed by atoms with Crippen LogP contribution in [0.2, 0.25) is 0 Å². The Morgan fingerprint density at radius 1 is 0.321 bits per heavy atom. The topological polar surface area (TPSA) is 0 Å². The fourth-order valence-electron chi connectivity index (χ4n) is 3.96. The molecule has 0 unspecified atom stereocenters. The first-order valence-electron chi connectivity index (χ1n) is 8.98. The summed E-state index contributed by atoms with van der Waals surface area (Å²) in [4.78, 5) is 0. The zero-order chi connectivity index (χ0) is 17.3. The molecule has 4 aromatic rings. The minimum absolute atomic E-state index is 0. The van der Waals surface area contributed by atoms with Gasteiger partial charge >= 0.3 is 103 Å². The summed E-state index contributed by atoms with van der Waals surface area (Å²) in [6.45, 7) is 0. The van der Waals surface area contributed by atoms with Crippen LogP contribution in [-0.4, -0.2) is 0 Å². The minimum atomic E-state index is 0. The van der Waals surface area contributed by atoms with Crippen molar-refractivity contribution in [1.82, 2.24) is 0 Å². The van der Waals surface area contributed by atoms with Gasteiger partial charge in [0.05, 0.1) is 0 Å². The van der Waals surface area contributed by atoms with Gasteiger partial charge in [0.15, 0.2) is 0 Å². The van der Waals surface area contributed by atoms with Crippen LogP contribution >= 0.6 is 0 Å². The van der Waals surface area contributed by atoms with Crippen LogP contribution < -0.4 is 103 Å². The van der Waals surface area contributed by atoms with Gasteiger partial charge in [-0.15, -0.1) is 82.6 Å². The molecule has 0 nitrogen and oxygen atoms in total. The number of hydrogen-bond donors (Lipinski definition) is 0. The molecule has 124 valence electrons. The average molecular weight is 409 g/mol. The Hall–Kier alpha value is -0.107.